The Morgan fingerprint density at radius 1 is 1.50 bits per heavy atom. The van der Waals surface area contributed by atoms with Crippen LogP contribution in [0.2, 0.25) is 0 Å². The molecule has 1 saturated heterocycles. The van der Waals surface area contributed by atoms with E-state index < -0.39 is 0 Å². The molecule has 0 radical (unpaired) electrons. The molecule has 2 bridgehead atoms. The van der Waals surface area contributed by atoms with Gasteiger partial charge in [0.2, 0.25) is 0 Å². The maximum absolute atomic E-state index is 4.67. The Bertz CT molecular complexity index is 353. The van der Waals surface area contributed by atoms with Gasteiger partial charge in [0.25, 0.3) is 0 Å². The van der Waals surface area contributed by atoms with E-state index in [-0.39, 0.29) is 0 Å². The molecule has 0 amide bonds. The Labute approximate surface area is 84.5 Å². The zero-order chi connectivity index (χ0) is 9.71. The Balaban J connectivity index is 2.01. The first-order valence-corrected chi connectivity index (χ1v) is 5.58. The van der Waals surface area contributed by atoms with Crippen molar-refractivity contribution in [2.24, 2.45) is 0 Å². The van der Waals surface area contributed by atoms with Gasteiger partial charge in [-0.25, -0.2) is 0 Å². The molecule has 2 atom stereocenters. The van der Waals surface area contributed by atoms with Crippen LogP contribution in [0.15, 0.2) is 6.20 Å². The smallest absolute Gasteiger partial charge is 0.0688 e. The summed E-state index contributed by atoms with van der Waals surface area (Å²) in [5.74, 6) is 0. The van der Waals surface area contributed by atoms with Crippen LogP contribution in [-0.4, -0.2) is 15.8 Å². The lowest BCUT2D eigenvalue weighted by molar-refractivity contribution is 0.501. The number of rotatable bonds is 1. The molecule has 3 nitrogen and oxygen atoms in total. The normalized spacial score (nSPS) is 29.6. The first-order chi connectivity index (χ1) is 6.74. The molecule has 2 aliphatic rings. The minimum absolute atomic E-state index is 0.485. The molecule has 2 aliphatic heterocycles. The minimum atomic E-state index is 0.485. The Morgan fingerprint density at radius 3 is 3.14 bits per heavy atom. The fraction of sp³-hybridized carbons (Fsp3) is 0.727. The van der Waals surface area contributed by atoms with E-state index in [0.29, 0.717) is 18.1 Å². The van der Waals surface area contributed by atoms with Crippen LogP contribution in [0.3, 0.4) is 0 Å². The summed E-state index contributed by atoms with van der Waals surface area (Å²) in [6, 6.07) is 1.78. The van der Waals surface area contributed by atoms with Crippen molar-refractivity contribution in [2.45, 2.75) is 51.2 Å². The molecule has 3 heteroatoms. The van der Waals surface area contributed by atoms with E-state index in [1.54, 1.807) is 0 Å². The van der Waals surface area contributed by atoms with E-state index >= 15 is 0 Å². The summed E-state index contributed by atoms with van der Waals surface area (Å²) >= 11 is 0. The SMILES string of the molecule is CC(C)n1cc2c(n1)C[C@H]1CC[C@@H]2N1. The second kappa shape index (κ2) is 2.83. The average molecular weight is 191 g/mol. The Morgan fingerprint density at radius 2 is 2.36 bits per heavy atom. The van der Waals surface area contributed by atoms with Gasteiger partial charge < -0.3 is 5.32 Å². The van der Waals surface area contributed by atoms with Crippen molar-refractivity contribution in [3.05, 3.63) is 17.5 Å². The molecule has 14 heavy (non-hydrogen) atoms. The predicted octanol–water partition coefficient (Wildman–Crippen LogP) is 1.81. The van der Waals surface area contributed by atoms with Gasteiger partial charge in [-0.3, -0.25) is 4.68 Å². The first kappa shape index (κ1) is 8.48. The van der Waals surface area contributed by atoms with Crippen molar-refractivity contribution >= 4 is 0 Å². The van der Waals surface area contributed by atoms with Gasteiger partial charge in [0, 0.05) is 36.3 Å². The minimum Gasteiger partial charge on any atom is -0.307 e. The topological polar surface area (TPSA) is 29.9 Å². The maximum atomic E-state index is 4.67. The second-order valence-corrected chi connectivity index (χ2v) is 4.80. The van der Waals surface area contributed by atoms with Crippen LogP contribution in [0, 0.1) is 0 Å². The van der Waals surface area contributed by atoms with Crippen LogP contribution in [0.1, 0.15) is 50.0 Å². The highest BCUT2D eigenvalue weighted by atomic mass is 15.3. The summed E-state index contributed by atoms with van der Waals surface area (Å²) < 4.78 is 2.10. The van der Waals surface area contributed by atoms with Crippen LogP contribution >= 0.6 is 0 Å². The van der Waals surface area contributed by atoms with Crippen LogP contribution in [-0.2, 0) is 6.42 Å². The first-order valence-electron chi connectivity index (χ1n) is 5.58. The van der Waals surface area contributed by atoms with Crippen molar-refractivity contribution < 1.29 is 0 Å². The van der Waals surface area contributed by atoms with Gasteiger partial charge in [-0.1, -0.05) is 0 Å². The molecule has 0 aliphatic carbocycles. The fourth-order valence-electron chi connectivity index (χ4n) is 2.62. The number of hydrogen-bond donors (Lipinski definition) is 1. The standard InChI is InChI=1S/C11H17N3/c1-7(2)14-6-9-10-4-3-8(12-10)5-11(9)13-14/h6-8,10,12H,3-5H2,1-2H3/t8-,10+/m1/s1. The molecule has 1 aromatic rings. The molecule has 1 fully saturated rings. The number of hydrogen-bond acceptors (Lipinski definition) is 2. The lowest BCUT2D eigenvalue weighted by atomic mass is 10.0. The highest BCUT2D eigenvalue weighted by Gasteiger charge is 2.34. The van der Waals surface area contributed by atoms with Crippen molar-refractivity contribution in [1.82, 2.24) is 15.1 Å². The van der Waals surface area contributed by atoms with Gasteiger partial charge in [0.1, 0.15) is 0 Å². The molecule has 1 N–H and O–H groups in total. The van der Waals surface area contributed by atoms with Crippen LogP contribution in [0.25, 0.3) is 0 Å². The molecule has 3 heterocycles. The molecule has 3 rings (SSSR count). The van der Waals surface area contributed by atoms with E-state index in [9.17, 15) is 0 Å². The molecule has 0 unspecified atom stereocenters. The Hall–Kier alpha value is -0.830. The third kappa shape index (κ3) is 1.12. The van der Waals surface area contributed by atoms with Gasteiger partial charge in [0.05, 0.1) is 5.69 Å². The van der Waals surface area contributed by atoms with Crippen LogP contribution in [0.5, 0.6) is 0 Å². The number of aromatic nitrogens is 2. The molecular formula is C11H17N3. The van der Waals surface area contributed by atoms with E-state index in [0.717, 1.165) is 6.42 Å². The lowest BCUT2D eigenvalue weighted by Gasteiger charge is -2.19. The van der Waals surface area contributed by atoms with E-state index in [4.69, 9.17) is 0 Å². The molecule has 1 aromatic heterocycles. The van der Waals surface area contributed by atoms with Crippen molar-refractivity contribution in [2.75, 3.05) is 0 Å². The van der Waals surface area contributed by atoms with Gasteiger partial charge in [-0.2, -0.15) is 5.10 Å². The van der Waals surface area contributed by atoms with Gasteiger partial charge in [-0.05, 0) is 26.7 Å². The van der Waals surface area contributed by atoms with Gasteiger partial charge >= 0.3 is 0 Å². The summed E-state index contributed by atoms with van der Waals surface area (Å²) in [5, 5.41) is 8.31. The second-order valence-electron chi connectivity index (χ2n) is 4.80. The number of fused-ring (bicyclic) bond motifs is 4. The maximum Gasteiger partial charge on any atom is 0.0688 e. The molecule has 76 valence electrons. The van der Waals surface area contributed by atoms with Gasteiger partial charge in [0.15, 0.2) is 0 Å². The van der Waals surface area contributed by atoms with Crippen LogP contribution < -0.4 is 5.32 Å². The highest BCUT2D eigenvalue weighted by Crippen LogP contribution is 2.35. The highest BCUT2D eigenvalue weighted by molar-refractivity contribution is 5.28. The monoisotopic (exact) mass is 191 g/mol. The summed E-state index contributed by atoms with van der Waals surface area (Å²) in [6.45, 7) is 4.37. The third-order valence-corrected chi connectivity index (χ3v) is 3.43. The van der Waals surface area contributed by atoms with Gasteiger partial charge in [-0.15, -0.1) is 0 Å². The van der Waals surface area contributed by atoms with Crippen molar-refractivity contribution in [3.8, 4) is 0 Å². The summed E-state index contributed by atoms with van der Waals surface area (Å²) in [6.07, 6.45) is 5.98. The zero-order valence-corrected chi connectivity index (χ0v) is 8.83. The third-order valence-electron chi connectivity index (χ3n) is 3.43. The molecule has 0 spiro atoms. The van der Waals surface area contributed by atoms with Crippen molar-refractivity contribution in [1.29, 1.82) is 0 Å². The number of nitrogens with zero attached hydrogens (tertiary/aromatic N) is 2. The van der Waals surface area contributed by atoms with E-state index in [1.165, 1.54) is 24.1 Å². The largest absolute Gasteiger partial charge is 0.307 e. The zero-order valence-electron chi connectivity index (χ0n) is 8.83. The quantitative estimate of drug-likeness (QED) is 0.733. The summed E-state index contributed by atoms with van der Waals surface area (Å²) in [4.78, 5) is 0. The molecule has 0 saturated carbocycles. The van der Waals surface area contributed by atoms with Crippen molar-refractivity contribution in [3.63, 3.8) is 0 Å². The predicted molar refractivity (Wildman–Crippen MR) is 55.2 cm³/mol. The lowest BCUT2D eigenvalue weighted by Crippen LogP contribution is -2.31. The molecule has 0 aromatic carbocycles. The van der Waals surface area contributed by atoms with E-state index in [2.05, 4.69) is 35.1 Å². The molecular weight excluding hydrogens is 174 g/mol. The fourth-order valence-corrected chi connectivity index (χ4v) is 2.62. The number of nitrogens with one attached hydrogen (secondary N) is 1. The summed E-state index contributed by atoms with van der Waals surface area (Å²) in [7, 11) is 0. The van der Waals surface area contributed by atoms with Crippen LogP contribution in [0.4, 0.5) is 0 Å². The Kier molecular flexibility index (Phi) is 1.71. The summed E-state index contributed by atoms with van der Waals surface area (Å²) in [5.41, 5.74) is 2.79. The van der Waals surface area contributed by atoms with E-state index in [1.807, 2.05) is 0 Å². The average Bonchev–Trinajstić information content (AvgIpc) is 2.71.